The molecule has 0 aliphatic heterocycles. The van der Waals surface area contributed by atoms with Crippen LogP contribution in [0.3, 0.4) is 0 Å². The van der Waals surface area contributed by atoms with Crippen LogP contribution in [0.5, 0.6) is 5.75 Å². The van der Waals surface area contributed by atoms with E-state index in [1.165, 1.54) is 0 Å². The minimum absolute atomic E-state index is 0.196. The molecule has 0 aliphatic carbocycles. The zero-order chi connectivity index (χ0) is 9.14. The van der Waals surface area contributed by atoms with Crippen molar-refractivity contribution in [2.24, 2.45) is 0 Å². The van der Waals surface area contributed by atoms with Gasteiger partial charge < -0.3 is 5.11 Å². The number of nitrogens with zero attached hydrogens (tertiary/aromatic N) is 1. The van der Waals surface area contributed by atoms with Crippen LogP contribution < -0.4 is 0 Å². The van der Waals surface area contributed by atoms with E-state index in [1.807, 2.05) is 6.07 Å². The lowest BCUT2D eigenvalue weighted by molar-refractivity contribution is 0.467. The van der Waals surface area contributed by atoms with Gasteiger partial charge in [0, 0.05) is 5.69 Å². The maximum Gasteiger partial charge on any atom is 0.148 e. The third-order valence-electron chi connectivity index (χ3n) is 1.97. The van der Waals surface area contributed by atoms with E-state index in [9.17, 15) is 5.11 Å². The van der Waals surface area contributed by atoms with E-state index < -0.39 is 0 Å². The second kappa shape index (κ2) is 3.90. The van der Waals surface area contributed by atoms with Gasteiger partial charge in [-0.15, -0.1) is 0 Å². The molecule has 0 amide bonds. The van der Waals surface area contributed by atoms with Gasteiger partial charge in [0.1, 0.15) is 10.4 Å². The van der Waals surface area contributed by atoms with Crippen LogP contribution in [0, 0.1) is 0 Å². The Balaban J connectivity index is 2.96. The van der Waals surface area contributed by atoms with E-state index in [0.29, 0.717) is 10.5 Å². The maximum absolute atomic E-state index is 9.19. The standard InChI is InChI=1S/C9H12BrNO/c1-3-6(2)7-4-5-8(12)9(10)11-7/h4-6,12H,3H2,1-2H3. The molecule has 0 bridgehead atoms. The molecule has 0 radical (unpaired) electrons. The van der Waals surface area contributed by atoms with Crippen molar-refractivity contribution < 1.29 is 5.11 Å². The number of hydrogen-bond acceptors (Lipinski definition) is 2. The zero-order valence-corrected chi connectivity index (χ0v) is 8.80. The predicted molar refractivity (Wildman–Crippen MR) is 52.3 cm³/mol. The first-order valence-corrected chi connectivity index (χ1v) is 4.79. The fraction of sp³-hybridized carbons (Fsp3) is 0.444. The molecule has 2 nitrogen and oxygen atoms in total. The predicted octanol–water partition coefficient (Wildman–Crippen LogP) is 3.06. The molecule has 1 atom stereocenters. The Morgan fingerprint density at radius 1 is 1.58 bits per heavy atom. The molecule has 1 aromatic rings. The molecule has 0 spiro atoms. The molecule has 0 saturated carbocycles. The molecule has 0 aromatic carbocycles. The number of hydrogen-bond donors (Lipinski definition) is 1. The quantitative estimate of drug-likeness (QED) is 0.792. The highest BCUT2D eigenvalue weighted by Gasteiger charge is 2.06. The van der Waals surface area contributed by atoms with Crippen molar-refractivity contribution in [3.8, 4) is 5.75 Å². The van der Waals surface area contributed by atoms with Crippen molar-refractivity contribution in [1.29, 1.82) is 0 Å². The highest BCUT2D eigenvalue weighted by molar-refractivity contribution is 9.10. The third-order valence-corrected chi connectivity index (χ3v) is 2.55. The van der Waals surface area contributed by atoms with Gasteiger partial charge >= 0.3 is 0 Å². The van der Waals surface area contributed by atoms with E-state index in [1.54, 1.807) is 6.07 Å². The molecule has 12 heavy (non-hydrogen) atoms. The van der Waals surface area contributed by atoms with Gasteiger partial charge in [-0.05, 0) is 40.4 Å². The average Bonchev–Trinajstić information content (AvgIpc) is 2.08. The van der Waals surface area contributed by atoms with Crippen molar-refractivity contribution in [3.05, 3.63) is 22.4 Å². The van der Waals surface area contributed by atoms with E-state index in [0.717, 1.165) is 12.1 Å². The van der Waals surface area contributed by atoms with Crippen molar-refractivity contribution in [1.82, 2.24) is 4.98 Å². The summed E-state index contributed by atoms with van der Waals surface area (Å²) in [5, 5.41) is 9.19. The maximum atomic E-state index is 9.19. The zero-order valence-electron chi connectivity index (χ0n) is 7.21. The molecule has 1 unspecified atom stereocenters. The molecule has 1 N–H and O–H groups in total. The summed E-state index contributed by atoms with van der Waals surface area (Å²) in [6, 6.07) is 3.52. The molecular weight excluding hydrogens is 218 g/mol. The van der Waals surface area contributed by atoms with Crippen LogP contribution in [0.15, 0.2) is 16.7 Å². The average molecular weight is 230 g/mol. The Hall–Kier alpha value is -0.570. The molecule has 0 fully saturated rings. The van der Waals surface area contributed by atoms with E-state index in [-0.39, 0.29) is 5.75 Å². The molecule has 3 heteroatoms. The molecule has 0 aliphatic rings. The highest BCUT2D eigenvalue weighted by atomic mass is 79.9. The summed E-state index contributed by atoms with van der Waals surface area (Å²) in [7, 11) is 0. The summed E-state index contributed by atoms with van der Waals surface area (Å²) in [4.78, 5) is 4.21. The largest absolute Gasteiger partial charge is 0.505 e. The lowest BCUT2D eigenvalue weighted by atomic mass is 10.0. The minimum atomic E-state index is 0.196. The number of aromatic hydroxyl groups is 1. The Kier molecular flexibility index (Phi) is 3.09. The summed E-state index contributed by atoms with van der Waals surface area (Å²) in [6.07, 6.45) is 1.06. The monoisotopic (exact) mass is 229 g/mol. The van der Waals surface area contributed by atoms with Gasteiger partial charge in [0.15, 0.2) is 0 Å². The lowest BCUT2D eigenvalue weighted by Gasteiger charge is -2.07. The SMILES string of the molecule is CCC(C)c1ccc(O)c(Br)n1. The molecule has 0 saturated heterocycles. The molecule has 1 heterocycles. The number of halogens is 1. The van der Waals surface area contributed by atoms with Crippen LogP contribution in [0.25, 0.3) is 0 Å². The third kappa shape index (κ3) is 1.97. The number of pyridine rings is 1. The first-order chi connectivity index (χ1) is 5.65. The summed E-state index contributed by atoms with van der Waals surface area (Å²) in [5.74, 6) is 0.643. The van der Waals surface area contributed by atoms with E-state index in [2.05, 4.69) is 34.8 Å². The Labute approximate surface area is 80.8 Å². The van der Waals surface area contributed by atoms with Gasteiger partial charge in [0.25, 0.3) is 0 Å². The fourth-order valence-electron chi connectivity index (χ4n) is 0.925. The van der Waals surface area contributed by atoms with Crippen LogP contribution in [0.1, 0.15) is 31.9 Å². The Morgan fingerprint density at radius 3 is 2.75 bits per heavy atom. The second-order valence-corrected chi connectivity index (χ2v) is 3.61. The summed E-state index contributed by atoms with van der Waals surface area (Å²) in [5.41, 5.74) is 1.02. The number of aromatic nitrogens is 1. The molecule has 66 valence electrons. The summed E-state index contributed by atoms with van der Waals surface area (Å²) < 4.78 is 0.528. The van der Waals surface area contributed by atoms with Crippen molar-refractivity contribution in [2.75, 3.05) is 0 Å². The first-order valence-electron chi connectivity index (χ1n) is 4.00. The smallest absolute Gasteiger partial charge is 0.148 e. The van der Waals surface area contributed by atoms with Gasteiger partial charge in [0.2, 0.25) is 0 Å². The highest BCUT2D eigenvalue weighted by Crippen LogP contribution is 2.24. The molecular formula is C9H12BrNO. The second-order valence-electron chi connectivity index (χ2n) is 2.86. The van der Waals surface area contributed by atoms with E-state index >= 15 is 0 Å². The van der Waals surface area contributed by atoms with Gasteiger partial charge in [-0.2, -0.15) is 0 Å². The van der Waals surface area contributed by atoms with Crippen LogP contribution >= 0.6 is 15.9 Å². The number of rotatable bonds is 2. The van der Waals surface area contributed by atoms with Gasteiger partial charge in [-0.3, -0.25) is 0 Å². The van der Waals surface area contributed by atoms with Gasteiger partial charge in [0.05, 0.1) is 0 Å². The molecule has 1 rings (SSSR count). The van der Waals surface area contributed by atoms with E-state index in [4.69, 9.17) is 0 Å². The van der Waals surface area contributed by atoms with Crippen LogP contribution in [-0.2, 0) is 0 Å². The van der Waals surface area contributed by atoms with Crippen LogP contribution in [-0.4, -0.2) is 10.1 Å². The van der Waals surface area contributed by atoms with Crippen molar-refractivity contribution in [2.45, 2.75) is 26.2 Å². The van der Waals surface area contributed by atoms with Crippen molar-refractivity contribution in [3.63, 3.8) is 0 Å². The van der Waals surface area contributed by atoms with Crippen molar-refractivity contribution >= 4 is 15.9 Å². The Morgan fingerprint density at radius 2 is 2.25 bits per heavy atom. The van der Waals surface area contributed by atoms with Gasteiger partial charge in [-0.25, -0.2) is 4.98 Å². The normalized spacial score (nSPS) is 12.9. The Bertz CT molecular complexity index is 275. The first kappa shape index (κ1) is 9.52. The topological polar surface area (TPSA) is 33.1 Å². The summed E-state index contributed by atoms with van der Waals surface area (Å²) in [6.45, 7) is 4.24. The lowest BCUT2D eigenvalue weighted by Crippen LogP contribution is -1.95. The summed E-state index contributed by atoms with van der Waals surface area (Å²) >= 11 is 3.18. The van der Waals surface area contributed by atoms with Crippen LogP contribution in [0.4, 0.5) is 0 Å². The fourth-order valence-corrected chi connectivity index (χ4v) is 1.26. The minimum Gasteiger partial charge on any atom is -0.505 e. The molecule has 1 aromatic heterocycles. The van der Waals surface area contributed by atoms with Crippen LogP contribution in [0.2, 0.25) is 0 Å². The van der Waals surface area contributed by atoms with Gasteiger partial charge in [-0.1, -0.05) is 13.8 Å².